The van der Waals surface area contributed by atoms with Gasteiger partial charge in [0.05, 0.1) is 11.4 Å². The molecule has 0 radical (unpaired) electrons. The van der Waals surface area contributed by atoms with Crippen molar-refractivity contribution >= 4 is 27.3 Å². The summed E-state index contributed by atoms with van der Waals surface area (Å²) in [4.78, 5) is 4.53. The van der Waals surface area contributed by atoms with Crippen molar-refractivity contribution in [3.8, 4) is 0 Å². The van der Waals surface area contributed by atoms with Crippen molar-refractivity contribution in [2.24, 2.45) is 4.99 Å². The van der Waals surface area contributed by atoms with E-state index in [1.807, 2.05) is 48.5 Å². The molecule has 1 N–H and O–H groups in total. The van der Waals surface area contributed by atoms with E-state index in [2.05, 4.69) is 20.9 Å². The normalized spacial score (nSPS) is 15.1. The molecular weight excluding hydrogens is 290 g/mol. The van der Waals surface area contributed by atoms with Gasteiger partial charge in [-0.05, 0) is 23.3 Å². The summed E-state index contributed by atoms with van der Waals surface area (Å²) in [5.41, 5.74) is 3.83. The van der Waals surface area contributed by atoms with Crippen molar-refractivity contribution in [3.05, 3.63) is 64.1 Å². The van der Waals surface area contributed by atoms with Gasteiger partial charge in [0, 0.05) is 10.9 Å². The van der Waals surface area contributed by atoms with Gasteiger partial charge in [-0.3, -0.25) is 4.99 Å². The third-order valence-corrected chi connectivity index (χ3v) is 3.61. The predicted molar refractivity (Wildman–Crippen MR) is 76.3 cm³/mol. The number of aliphatic hydroxyl groups excluding tert-OH is 1. The minimum atomic E-state index is -0.614. The monoisotopic (exact) mass is 301 g/mol. The van der Waals surface area contributed by atoms with E-state index < -0.39 is 6.10 Å². The van der Waals surface area contributed by atoms with Crippen LogP contribution in [0.15, 0.2) is 58.0 Å². The average Bonchev–Trinajstić information content (AvgIpc) is 2.81. The minimum absolute atomic E-state index is 0.614. The van der Waals surface area contributed by atoms with Crippen LogP contribution < -0.4 is 0 Å². The Bertz CT molecular complexity index is 607. The smallest absolute Gasteiger partial charge is 0.117 e. The second kappa shape index (κ2) is 4.67. The fourth-order valence-corrected chi connectivity index (χ4v) is 2.51. The summed E-state index contributed by atoms with van der Waals surface area (Å²) in [5, 5.41) is 10.3. The van der Waals surface area contributed by atoms with Crippen molar-refractivity contribution in [2.45, 2.75) is 12.5 Å². The molecule has 3 heteroatoms. The van der Waals surface area contributed by atoms with Crippen molar-refractivity contribution in [2.75, 3.05) is 0 Å². The van der Waals surface area contributed by atoms with Gasteiger partial charge in [0.2, 0.25) is 0 Å². The summed E-state index contributed by atoms with van der Waals surface area (Å²) in [5.74, 6) is 0. The number of hydrogen-bond donors (Lipinski definition) is 1. The van der Waals surface area contributed by atoms with Crippen LogP contribution in [0.2, 0.25) is 0 Å². The first-order valence-corrected chi connectivity index (χ1v) is 6.62. The number of hydrogen-bond acceptors (Lipinski definition) is 2. The second-order valence-corrected chi connectivity index (χ2v) is 5.28. The molecule has 0 aromatic heterocycles. The fraction of sp³-hybridized carbons (Fsp3) is 0.133. The van der Waals surface area contributed by atoms with Crippen LogP contribution in [0.1, 0.15) is 17.2 Å². The van der Waals surface area contributed by atoms with E-state index in [4.69, 9.17) is 0 Å². The van der Waals surface area contributed by atoms with E-state index in [1.165, 1.54) is 5.56 Å². The molecule has 1 aliphatic rings. The van der Waals surface area contributed by atoms with Gasteiger partial charge >= 0.3 is 0 Å². The lowest BCUT2D eigenvalue weighted by molar-refractivity contribution is 0.246. The van der Waals surface area contributed by atoms with Gasteiger partial charge < -0.3 is 5.11 Å². The van der Waals surface area contributed by atoms with E-state index >= 15 is 0 Å². The summed E-state index contributed by atoms with van der Waals surface area (Å²) in [7, 11) is 0. The molecule has 0 bridgehead atoms. The van der Waals surface area contributed by atoms with Crippen LogP contribution in [0.3, 0.4) is 0 Å². The lowest BCUT2D eigenvalue weighted by atomic mass is 10.0. The number of rotatable bonds is 2. The highest BCUT2D eigenvalue weighted by atomic mass is 79.9. The highest BCUT2D eigenvalue weighted by molar-refractivity contribution is 9.10. The van der Waals surface area contributed by atoms with Crippen LogP contribution in [0.25, 0.3) is 0 Å². The standard InChI is InChI=1S/C15H12BrNO/c16-12-7-6-11-8-14(17-13(11)9-12)15(18)10-4-2-1-3-5-10/h1-7,9,15,18H,8H2. The Morgan fingerprint density at radius 1 is 1.11 bits per heavy atom. The van der Waals surface area contributed by atoms with Gasteiger partial charge in [-0.15, -0.1) is 0 Å². The van der Waals surface area contributed by atoms with Crippen molar-refractivity contribution in [1.29, 1.82) is 0 Å². The summed E-state index contributed by atoms with van der Waals surface area (Å²) in [6, 6.07) is 15.7. The maximum absolute atomic E-state index is 10.3. The molecule has 3 rings (SSSR count). The minimum Gasteiger partial charge on any atom is -0.382 e. The highest BCUT2D eigenvalue weighted by Crippen LogP contribution is 2.33. The van der Waals surface area contributed by atoms with Crippen LogP contribution in [-0.2, 0) is 6.42 Å². The van der Waals surface area contributed by atoms with E-state index in [9.17, 15) is 5.11 Å². The number of halogens is 1. The zero-order valence-electron chi connectivity index (χ0n) is 9.68. The maximum Gasteiger partial charge on any atom is 0.117 e. The zero-order valence-corrected chi connectivity index (χ0v) is 11.3. The Morgan fingerprint density at radius 2 is 1.89 bits per heavy atom. The quantitative estimate of drug-likeness (QED) is 0.899. The molecule has 1 unspecified atom stereocenters. The van der Waals surface area contributed by atoms with Crippen LogP contribution in [0.4, 0.5) is 5.69 Å². The molecule has 0 saturated carbocycles. The van der Waals surface area contributed by atoms with Gasteiger partial charge in [-0.2, -0.15) is 0 Å². The van der Waals surface area contributed by atoms with E-state index in [-0.39, 0.29) is 0 Å². The molecule has 2 nitrogen and oxygen atoms in total. The molecule has 0 aliphatic carbocycles. The Balaban J connectivity index is 1.91. The van der Waals surface area contributed by atoms with Crippen LogP contribution in [-0.4, -0.2) is 10.8 Å². The van der Waals surface area contributed by atoms with Crippen molar-refractivity contribution < 1.29 is 5.11 Å². The van der Waals surface area contributed by atoms with E-state index in [0.717, 1.165) is 27.9 Å². The topological polar surface area (TPSA) is 32.6 Å². The molecule has 18 heavy (non-hydrogen) atoms. The fourth-order valence-electron chi connectivity index (χ4n) is 2.17. The largest absolute Gasteiger partial charge is 0.382 e. The Morgan fingerprint density at radius 3 is 2.67 bits per heavy atom. The van der Waals surface area contributed by atoms with Gasteiger partial charge in [0.25, 0.3) is 0 Å². The summed E-state index contributed by atoms with van der Waals surface area (Å²) < 4.78 is 1.01. The van der Waals surface area contributed by atoms with E-state index in [0.29, 0.717) is 0 Å². The van der Waals surface area contributed by atoms with E-state index in [1.54, 1.807) is 0 Å². The molecule has 0 fully saturated rings. The molecular formula is C15H12BrNO. The lowest BCUT2D eigenvalue weighted by Gasteiger charge is -2.10. The number of aliphatic imine (C=N–C) groups is 1. The highest BCUT2D eigenvalue weighted by Gasteiger charge is 2.21. The second-order valence-electron chi connectivity index (χ2n) is 4.37. The summed E-state index contributed by atoms with van der Waals surface area (Å²) in [6.07, 6.45) is 0.107. The molecule has 0 amide bonds. The first-order chi connectivity index (χ1) is 8.74. The molecule has 90 valence electrons. The Labute approximate surface area is 114 Å². The molecule has 1 aliphatic heterocycles. The lowest BCUT2D eigenvalue weighted by Crippen LogP contribution is -2.11. The van der Waals surface area contributed by atoms with Crippen LogP contribution in [0, 0.1) is 0 Å². The molecule has 2 aromatic carbocycles. The first-order valence-electron chi connectivity index (χ1n) is 5.83. The predicted octanol–water partition coefficient (Wildman–Crippen LogP) is 3.81. The molecule has 1 heterocycles. The summed E-state index contributed by atoms with van der Waals surface area (Å²) >= 11 is 3.44. The molecule has 0 saturated heterocycles. The zero-order chi connectivity index (χ0) is 12.5. The maximum atomic E-state index is 10.3. The molecule has 2 aromatic rings. The van der Waals surface area contributed by atoms with Gasteiger partial charge in [0.1, 0.15) is 6.10 Å². The Kier molecular flexibility index (Phi) is 3.02. The van der Waals surface area contributed by atoms with Gasteiger partial charge in [-0.1, -0.05) is 52.3 Å². The van der Waals surface area contributed by atoms with Crippen molar-refractivity contribution in [3.63, 3.8) is 0 Å². The van der Waals surface area contributed by atoms with Gasteiger partial charge in [0.15, 0.2) is 0 Å². The molecule has 0 spiro atoms. The molecule has 1 atom stereocenters. The number of aliphatic hydroxyl groups is 1. The third-order valence-electron chi connectivity index (χ3n) is 3.11. The SMILES string of the molecule is OC(C1=Nc2cc(Br)ccc2C1)c1ccccc1. The first kappa shape index (κ1) is 11.6. The number of fused-ring (bicyclic) bond motifs is 1. The summed E-state index contributed by atoms with van der Waals surface area (Å²) in [6.45, 7) is 0. The van der Waals surface area contributed by atoms with Gasteiger partial charge in [-0.25, -0.2) is 0 Å². The Hall–Kier alpha value is -1.45. The number of benzene rings is 2. The average molecular weight is 302 g/mol. The van der Waals surface area contributed by atoms with Crippen LogP contribution >= 0.6 is 15.9 Å². The third kappa shape index (κ3) is 2.11. The van der Waals surface area contributed by atoms with Crippen LogP contribution in [0.5, 0.6) is 0 Å². The number of nitrogens with zero attached hydrogens (tertiary/aromatic N) is 1. The van der Waals surface area contributed by atoms with Crippen molar-refractivity contribution in [1.82, 2.24) is 0 Å².